The lowest BCUT2D eigenvalue weighted by Gasteiger charge is -2.22. The van der Waals surface area contributed by atoms with Gasteiger partial charge in [0.15, 0.2) is 0 Å². The SMILES string of the molecule is O=C(CN1CCC[C@H]1c1cccs1)NCCc1ccc(OC(F)F)cc1. The zero-order valence-electron chi connectivity index (χ0n) is 14.4. The zero-order chi connectivity index (χ0) is 18.4. The molecule has 7 heteroatoms. The van der Waals surface area contributed by atoms with Crippen molar-refractivity contribution in [3.05, 3.63) is 52.2 Å². The van der Waals surface area contributed by atoms with Gasteiger partial charge in [0.05, 0.1) is 6.54 Å². The van der Waals surface area contributed by atoms with Crippen LogP contribution < -0.4 is 10.1 Å². The lowest BCUT2D eigenvalue weighted by Crippen LogP contribution is -2.37. The first-order chi connectivity index (χ1) is 12.6. The second-order valence-corrected chi connectivity index (χ2v) is 7.25. The van der Waals surface area contributed by atoms with Crippen molar-refractivity contribution in [1.29, 1.82) is 0 Å². The van der Waals surface area contributed by atoms with Crippen molar-refractivity contribution in [2.24, 2.45) is 0 Å². The van der Waals surface area contributed by atoms with E-state index in [0.717, 1.165) is 24.9 Å². The Bertz CT molecular complexity index is 692. The van der Waals surface area contributed by atoms with E-state index in [0.29, 0.717) is 25.6 Å². The summed E-state index contributed by atoms with van der Waals surface area (Å²) >= 11 is 1.74. The van der Waals surface area contributed by atoms with Crippen LogP contribution in [0.2, 0.25) is 0 Å². The molecule has 0 radical (unpaired) electrons. The third-order valence-corrected chi connectivity index (χ3v) is 5.44. The van der Waals surface area contributed by atoms with Gasteiger partial charge in [-0.15, -0.1) is 11.3 Å². The van der Waals surface area contributed by atoms with E-state index in [9.17, 15) is 13.6 Å². The average Bonchev–Trinajstić information content (AvgIpc) is 3.27. The van der Waals surface area contributed by atoms with Crippen molar-refractivity contribution in [3.8, 4) is 5.75 Å². The van der Waals surface area contributed by atoms with Crippen molar-refractivity contribution in [3.63, 3.8) is 0 Å². The minimum absolute atomic E-state index is 0.0195. The van der Waals surface area contributed by atoms with E-state index in [1.165, 1.54) is 17.0 Å². The number of nitrogens with one attached hydrogen (secondary N) is 1. The molecule has 1 fully saturated rings. The van der Waals surface area contributed by atoms with Gasteiger partial charge in [0.25, 0.3) is 0 Å². The Labute approximate surface area is 155 Å². The number of amides is 1. The van der Waals surface area contributed by atoms with Gasteiger partial charge in [-0.2, -0.15) is 8.78 Å². The summed E-state index contributed by atoms with van der Waals surface area (Å²) in [5, 5.41) is 5.02. The average molecular weight is 380 g/mol. The Balaban J connectivity index is 1.41. The molecule has 1 aromatic heterocycles. The Morgan fingerprint density at radius 2 is 2.12 bits per heavy atom. The summed E-state index contributed by atoms with van der Waals surface area (Å²) < 4.78 is 28.6. The third-order valence-electron chi connectivity index (χ3n) is 4.47. The lowest BCUT2D eigenvalue weighted by atomic mass is 10.1. The van der Waals surface area contributed by atoms with E-state index < -0.39 is 6.61 Å². The van der Waals surface area contributed by atoms with Gasteiger partial charge in [0.2, 0.25) is 5.91 Å². The Hall–Kier alpha value is -1.99. The van der Waals surface area contributed by atoms with Crippen LogP contribution in [0.15, 0.2) is 41.8 Å². The molecule has 3 rings (SSSR count). The van der Waals surface area contributed by atoms with E-state index in [1.54, 1.807) is 23.5 Å². The van der Waals surface area contributed by atoms with Gasteiger partial charge in [0, 0.05) is 17.5 Å². The molecule has 140 valence electrons. The standard InChI is InChI=1S/C19H22F2N2O2S/c20-19(21)25-15-7-5-14(6-8-15)9-10-22-18(24)13-23-11-1-3-16(23)17-4-2-12-26-17/h2,4-8,12,16,19H,1,3,9-11,13H2,(H,22,24)/t16-/m0/s1. The number of benzene rings is 1. The van der Waals surface area contributed by atoms with Crippen LogP contribution in [-0.2, 0) is 11.2 Å². The van der Waals surface area contributed by atoms with Crippen molar-refractivity contribution >= 4 is 17.2 Å². The summed E-state index contributed by atoms with van der Waals surface area (Å²) in [7, 11) is 0. The zero-order valence-corrected chi connectivity index (χ0v) is 15.2. The number of alkyl halides is 2. The smallest absolute Gasteiger partial charge is 0.387 e. The maximum Gasteiger partial charge on any atom is 0.387 e. The fraction of sp³-hybridized carbons (Fsp3) is 0.421. The first kappa shape index (κ1) is 18.8. The van der Waals surface area contributed by atoms with Crippen molar-refractivity contribution in [1.82, 2.24) is 10.2 Å². The molecular weight excluding hydrogens is 358 g/mol. The maximum atomic E-state index is 12.2. The molecule has 2 aromatic rings. The summed E-state index contributed by atoms with van der Waals surface area (Å²) in [4.78, 5) is 15.8. The number of likely N-dealkylation sites (tertiary alicyclic amines) is 1. The number of hydrogen-bond donors (Lipinski definition) is 1. The van der Waals surface area contributed by atoms with Crippen LogP contribution >= 0.6 is 11.3 Å². The van der Waals surface area contributed by atoms with E-state index in [4.69, 9.17) is 0 Å². The van der Waals surface area contributed by atoms with Crippen molar-refractivity contribution in [2.75, 3.05) is 19.6 Å². The molecule has 1 aliphatic heterocycles. The minimum Gasteiger partial charge on any atom is -0.435 e. The summed E-state index contributed by atoms with van der Waals surface area (Å²) in [6, 6.07) is 11.0. The molecule has 0 bridgehead atoms. The number of hydrogen-bond acceptors (Lipinski definition) is 4. The van der Waals surface area contributed by atoms with Crippen molar-refractivity contribution < 1.29 is 18.3 Å². The predicted molar refractivity (Wildman–Crippen MR) is 97.7 cm³/mol. The maximum absolute atomic E-state index is 12.2. The summed E-state index contributed by atoms with van der Waals surface area (Å²) in [6.45, 7) is -0.944. The monoisotopic (exact) mass is 380 g/mol. The van der Waals surface area contributed by atoms with E-state index in [1.807, 2.05) is 6.07 Å². The number of ether oxygens (including phenoxy) is 1. The number of rotatable bonds is 8. The van der Waals surface area contributed by atoms with Crippen LogP contribution in [0, 0.1) is 0 Å². The van der Waals surface area contributed by atoms with Gasteiger partial charge >= 0.3 is 6.61 Å². The third kappa shape index (κ3) is 5.25. The van der Waals surface area contributed by atoms with Gasteiger partial charge in [-0.25, -0.2) is 0 Å². The lowest BCUT2D eigenvalue weighted by molar-refractivity contribution is -0.122. The molecule has 2 heterocycles. The number of halogens is 2. The quantitative estimate of drug-likeness (QED) is 0.756. The van der Waals surface area contributed by atoms with E-state index >= 15 is 0 Å². The van der Waals surface area contributed by atoms with Gasteiger partial charge in [-0.3, -0.25) is 9.69 Å². The minimum atomic E-state index is -2.82. The highest BCUT2D eigenvalue weighted by molar-refractivity contribution is 7.10. The highest BCUT2D eigenvalue weighted by atomic mass is 32.1. The van der Waals surface area contributed by atoms with Crippen LogP contribution in [0.25, 0.3) is 0 Å². The highest BCUT2D eigenvalue weighted by Crippen LogP contribution is 2.33. The Kier molecular flexibility index (Phi) is 6.57. The summed E-state index contributed by atoms with van der Waals surface area (Å²) in [6.07, 6.45) is 2.86. The fourth-order valence-electron chi connectivity index (χ4n) is 3.24. The Morgan fingerprint density at radius 1 is 1.31 bits per heavy atom. The topological polar surface area (TPSA) is 41.6 Å². The largest absolute Gasteiger partial charge is 0.435 e. The summed E-state index contributed by atoms with van der Waals surface area (Å²) in [5.41, 5.74) is 0.963. The second-order valence-electron chi connectivity index (χ2n) is 6.27. The molecule has 26 heavy (non-hydrogen) atoms. The fourth-order valence-corrected chi connectivity index (χ4v) is 4.14. The highest BCUT2D eigenvalue weighted by Gasteiger charge is 2.27. The molecule has 0 spiro atoms. The predicted octanol–water partition coefficient (Wildman–Crippen LogP) is 3.85. The van der Waals surface area contributed by atoms with E-state index in [-0.39, 0.29) is 11.7 Å². The molecule has 0 aliphatic carbocycles. The van der Waals surface area contributed by atoms with Crippen molar-refractivity contribution in [2.45, 2.75) is 31.9 Å². The molecule has 4 nitrogen and oxygen atoms in total. The second kappa shape index (κ2) is 9.09. The molecule has 1 amide bonds. The van der Waals surface area contributed by atoms with Crippen LogP contribution in [0.1, 0.15) is 29.3 Å². The van der Waals surface area contributed by atoms with Gasteiger partial charge in [-0.05, 0) is 54.9 Å². The molecule has 1 saturated heterocycles. The number of carbonyl (C=O) groups excluding carboxylic acids is 1. The normalized spacial score (nSPS) is 17.6. The van der Waals surface area contributed by atoms with E-state index in [2.05, 4.69) is 26.4 Å². The number of carbonyl (C=O) groups is 1. The summed E-state index contributed by atoms with van der Waals surface area (Å²) in [5.74, 6) is 0.160. The molecule has 1 aliphatic rings. The molecule has 1 N–H and O–H groups in total. The van der Waals surface area contributed by atoms with Gasteiger partial charge < -0.3 is 10.1 Å². The van der Waals surface area contributed by atoms with Crippen LogP contribution in [-0.4, -0.2) is 37.1 Å². The van der Waals surface area contributed by atoms with Crippen LogP contribution in [0.3, 0.4) is 0 Å². The van der Waals surface area contributed by atoms with Gasteiger partial charge in [-0.1, -0.05) is 18.2 Å². The van der Waals surface area contributed by atoms with Crippen LogP contribution in [0.4, 0.5) is 8.78 Å². The Morgan fingerprint density at radius 3 is 2.81 bits per heavy atom. The molecule has 0 saturated carbocycles. The molecular formula is C19H22F2N2O2S. The first-order valence-corrected chi connectivity index (χ1v) is 9.57. The molecule has 1 aromatic carbocycles. The van der Waals surface area contributed by atoms with Gasteiger partial charge in [0.1, 0.15) is 5.75 Å². The molecule has 1 atom stereocenters. The van der Waals surface area contributed by atoms with Crippen LogP contribution in [0.5, 0.6) is 5.75 Å². The molecule has 0 unspecified atom stereocenters. The number of nitrogens with zero attached hydrogens (tertiary/aromatic N) is 1. The number of thiophene rings is 1. The first-order valence-electron chi connectivity index (χ1n) is 8.70.